The fraction of sp³-hybridized carbons (Fsp3) is 0.0800. The number of benzene rings is 4. The van der Waals surface area contributed by atoms with Crippen molar-refractivity contribution in [3.63, 3.8) is 0 Å². The number of non-ortho nitro benzene ring substituents is 1. The average molecular weight is 382 g/mol. The molecular formula is C25H20NO3. The Kier molecular flexibility index (Phi) is 5.25. The predicted octanol–water partition coefficient (Wildman–Crippen LogP) is 6.22. The molecule has 4 heteroatoms. The van der Waals surface area contributed by atoms with Gasteiger partial charge in [0.1, 0.15) is 5.75 Å². The van der Waals surface area contributed by atoms with Crippen LogP contribution < -0.4 is 4.74 Å². The van der Waals surface area contributed by atoms with Crippen molar-refractivity contribution in [2.45, 2.75) is 6.42 Å². The summed E-state index contributed by atoms with van der Waals surface area (Å²) in [6.45, 7) is 0. The van der Waals surface area contributed by atoms with E-state index in [1.165, 1.54) is 5.56 Å². The van der Waals surface area contributed by atoms with Gasteiger partial charge in [-0.2, -0.15) is 0 Å². The lowest BCUT2D eigenvalue weighted by molar-refractivity contribution is -0.384. The second-order valence-electron chi connectivity index (χ2n) is 6.85. The lowest BCUT2D eigenvalue weighted by Gasteiger charge is -2.12. The molecule has 0 spiro atoms. The summed E-state index contributed by atoms with van der Waals surface area (Å²) in [5, 5.41) is 13.2. The van der Waals surface area contributed by atoms with Gasteiger partial charge in [-0.3, -0.25) is 10.1 Å². The standard InChI is InChI=1S/C25H20NO3/c1-29-23-14-11-21-15-19(8-7-18-5-3-2-4-6-18)16-24(25(21)17-23)20-9-12-22(13-10-20)26(27)28/h2-6,8-17H,7H2,1H3. The van der Waals surface area contributed by atoms with E-state index in [4.69, 9.17) is 4.74 Å². The van der Waals surface area contributed by atoms with Crippen molar-refractivity contribution in [1.29, 1.82) is 0 Å². The predicted molar refractivity (Wildman–Crippen MR) is 116 cm³/mol. The zero-order valence-corrected chi connectivity index (χ0v) is 16.0. The Morgan fingerprint density at radius 3 is 2.38 bits per heavy atom. The molecule has 0 aliphatic rings. The van der Waals surface area contributed by atoms with Crippen LogP contribution in [0.15, 0.2) is 84.9 Å². The van der Waals surface area contributed by atoms with Gasteiger partial charge in [-0.1, -0.05) is 48.5 Å². The van der Waals surface area contributed by atoms with Crippen LogP contribution in [0, 0.1) is 16.5 Å². The van der Waals surface area contributed by atoms with Crippen LogP contribution in [-0.2, 0) is 6.42 Å². The number of rotatable bonds is 6. The highest BCUT2D eigenvalue weighted by molar-refractivity contribution is 5.98. The Bertz CT molecular complexity index is 1150. The number of nitro groups is 1. The Morgan fingerprint density at radius 1 is 0.931 bits per heavy atom. The molecule has 143 valence electrons. The number of nitro benzene ring substituents is 1. The van der Waals surface area contributed by atoms with E-state index in [2.05, 4.69) is 30.7 Å². The van der Waals surface area contributed by atoms with Gasteiger partial charge in [0.15, 0.2) is 0 Å². The number of hydrogen-bond donors (Lipinski definition) is 0. The minimum Gasteiger partial charge on any atom is -0.497 e. The van der Waals surface area contributed by atoms with Crippen LogP contribution in [0.4, 0.5) is 5.69 Å². The molecule has 0 atom stereocenters. The third-order valence-corrected chi connectivity index (χ3v) is 4.99. The van der Waals surface area contributed by atoms with Crippen LogP contribution in [0.1, 0.15) is 11.1 Å². The summed E-state index contributed by atoms with van der Waals surface area (Å²) >= 11 is 0. The zero-order chi connectivity index (χ0) is 20.2. The molecule has 0 aliphatic heterocycles. The largest absolute Gasteiger partial charge is 0.497 e. The molecule has 0 N–H and O–H groups in total. The normalized spacial score (nSPS) is 10.8. The fourth-order valence-electron chi connectivity index (χ4n) is 3.46. The van der Waals surface area contributed by atoms with Crippen molar-refractivity contribution >= 4 is 16.5 Å². The molecule has 0 saturated heterocycles. The van der Waals surface area contributed by atoms with Gasteiger partial charge in [0, 0.05) is 12.1 Å². The molecule has 0 heterocycles. The first-order valence-corrected chi connectivity index (χ1v) is 9.38. The topological polar surface area (TPSA) is 52.4 Å². The molecule has 29 heavy (non-hydrogen) atoms. The SMILES string of the molecule is COc1ccc2cc([CH]Cc3ccccc3)cc(-c3ccc([N+](=O)[O-])cc3)c2c1. The molecule has 0 aliphatic carbocycles. The average Bonchev–Trinajstić information content (AvgIpc) is 2.77. The Hall–Kier alpha value is -3.66. The Morgan fingerprint density at radius 2 is 1.69 bits per heavy atom. The van der Waals surface area contributed by atoms with Crippen LogP contribution in [-0.4, -0.2) is 12.0 Å². The maximum Gasteiger partial charge on any atom is 0.269 e. The molecular weight excluding hydrogens is 362 g/mol. The number of hydrogen-bond acceptors (Lipinski definition) is 3. The summed E-state index contributed by atoms with van der Waals surface area (Å²) in [4.78, 5) is 10.6. The second-order valence-corrected chi connectivity index (χ2v) is 6.85. The van der Waals surface area contributed by atoms with Crippen LogP contribution in [0.2, 0.25) is 0 Å². The molecule has 4 rings (SSSR count). The van der Waals surface area contributed by atoms with Crippen molar-refractivity contribution in [2.75, 3.05) is 7.11 Å². The molecule has 0 unspecified atom stereocenters. The van der Waals surface area contributed by atoms with Gasteiger partial charge in [-0.25, -0.2) is 0 Å². The van der Waals surface area contributed by atoms with Gasteiger partial charge in [-0.15, -0.1) is 0 Å². The molecule has 0 aromatic heterocycles. The van der Waals surface area contributed by atoms with E-state index >= 15 is 0 Å². The van der Waals surface area contributed by atoms with E-state index in [0.29, 0.717) is 0 Å². The highest BCUT2D eigenvalue weighted by Crippen LogP contribution is 2.34. The summed E-state index contributed by atoms with van der Waals surface area (Å²) in [7, 11) is 1.65. The smallest absolute Gasteiger partial charge is 0.269 e. The van der Waals surface area contributed by atoms with E-state index in [9.17, 15) is 10.1 Å². The quantitative estimate of drug-likeness (QED) is 0.294. The number of nitrogens with zero attached hydrogens (tertiary/aromatic N) is 1. The van der Waals surface area contributed by atoms with Crippen molar-refractivity contribution in [1.82, 2.24) is 0 Å². The maximum absolute atomic E-state index is 11.0. The fourth-order valence-corrected chi connectivity index (χ4v) is 3.46. The molecule has 4 nitrogen and oxygen atoms in total. The molecule has 0 amide bonds. The van der Waals surface area contributed by atoms with Gasteiger partial charge >= 0.3 is 0 Å². The molecule has 0 bridgehead atoms. The van der Waals surface area contributed by atoms with Crippen LogP contribution in [0.5, 0.6) is 5.75 Å². The number of ether oxygens (including phenoxy) is 1. The lowest BCUT2D eigenvalue weighted by Crippen LogP contribution is -1.92. The number of methoxy groups -OCH3 is 1. The minimum atomic E-state index is -0.380. The summed E-state index contributed by atoms with van der Waals surface area (Å²) < 4.78 is 5.40. The third-order valence-electron chi connectivity index (χ3n) is 4.99. The molecule has 0 fully saturated rings. The molecule has 0 saturated carbocycles. The van der Waals surface area contributed by atoms with E-state index in [0.717, 1.165) is 39.6 Å². The summed E-state index contributed by atoms with van der Waals surface area (Å²) in [6, 6.07) is 27.3. The monoisotopic (exact) mass is 382 g/mol. The van der Waals surface area contributed by atoms with Crippen molar-refractivity contribution in [3.05, 3.63) is 113 Å². The van der Waals surface area contributed by atoms with Gasteiger partial charge in [0.2, 0.25) is 0 Å². The highest BCUT2D eigenvalue weighted by atomic mass is 16.6. The minimum absolute atomic E-state index is 0.0856. The van der Waals surface area contributed by atoms with Gasteiger partial charge in [0.05, 0.1) is 12.0 Å². The Labute approximate surface area is 169 Å². The van der Waals surface area contributed by atoms with Crippen molar-refractivity contribution in [2.24, 2.45) is 0 Å². The first-order chi connectivity index (χ1) is 14.1. The molecule has 4 aromatic rings. The van der Waals surface area contributed by atoms with Gasteiger partial charge < -0.3 is 4.74 Å². The van der Waals surface area contributed by atoms with Crippen molar-refractivity contribution < 1.29 is 9.66 Å². The molecule has 1 radical (unpaired) electrons. The van der Waals surface area contributed by atoms with E-state index in [-0.39, 0.29) is 10.6 Å². The first-order valence-electron chi connectivity index (χ1n) is 9.38. The summed E-state index contributed by atoms with van der Waals surface area (Å²) in [6.07, 6.45) is 3.04. The lowest BCUT2D eigenvalue weighted by atomic mass is 9.93. The third kappa shape index (κ3) is 4.11. The van der Waals surface area contributed by atoms with Gasteiger partial charge in [-0.05, 0) is 70.1 Å². The summed E-state index contributed by atoms with van der Waals surface area (Å²) in [5.74, 6) is 0.779. The van der Waals surface area contributed by atoms with Crippen LogP contribution in [0.3, 0.4) is 0 Å². The van der Waals surface area contributed by atoms with E-state index in [1.54, 1.807) is 31.4 Å². The Balaban J connectivity index is 1.77. The molecule has 4 aromatic carbocycles. The van der Waals surface area contributed by atoms with Crippen molar-refractivity contribution in [3.8, 4) is 16.9 Å². The number of fused-ring (bicyclic) bond motifs is 1. The first kappa shape index (κ1) is 18.7. The van der Waals surface area contributed by atoms with E-state index in [1.807, 2.05) is 36.4 Å². The van der Waals surface area contributed by atoms with E-state index < -0.39 is 0 Å². The maximum atomic E-state index is 11.0. The second kappa shape index (κ2) is 8.15. The van der Waals surface area contributed by atoms with Crippen LogP contribution >= 0.6 is 0 Å². The van der Waals surface area contributed by atoms with Crippen LogP contribution in [0.25, 0.3) is 21.9 Å². The summed E-state index contributed by atoms with van der Waals surface area (Å²) in [5.41, 5.74) is 4.40. The highest BCUT2D eigenvalue weighted by Gasteiger charge is 2.11. The van der Waals surface area contributed by atoms with Gasteiger partial charge in [0.25, 0.3) is 5.69 Å². The zero-order valence-electron chi connectivity index (χ0n) is 16.0.